The summed E-state index contributed by atoms with van der Waals surface area (Å²) in [6.45, 7) is 2.03. The molecule has 0 bridgehead atoms. The predicted octanol–water partition coefficient (Wildman–Crippen LogP) is 3.22. The number of rotatable bonds is 4. The molecule has 0 spiro atoms. The average Bonchev–Trinajstić information content (AvgIpc) is 2.14. The number of nitrogen functional groups attached to an aromatic ring is 1. The Balaban J connectivity index is 2.81. The zero-order valence-electron chi connectivity index (χ0n) is 8.68. The number of nitrogens with one attached hydrogen (secondary N) is 1. The van der Waals surface area contributed by atoms with E-state index in [2.05, 4.69) is 5.32 Å². The monoisotopic (exact) mass is 248 g/mol. The molecule has 1 aromatic rings. The molecule has 2 nitrogen and oxygen atoms in total. The van der Waals surface area contributed by atoms with Crippen molar-refractivity contribution >= 4 is 34.7 Å². The Hall–Kier alpha value is -0.610. The molecule has 0 fully saturated rings. The van der Waals surface area contributed by atoms with E-state index in [-0.39, 0.29) is 11.1 Å². The van der Waals surface area contributed by atoms with E-state index in [0.29, 0.717) is 11.4 Å². The Labute approximate surface area is 98.4 Å². The fraction of sp³-hybridized carbons (Fsp3) is 0.400. The van der Waals surface area contributed by atoms with E-state index in [9.17, 15) is 4.39 Å². The molecule has 15 heavy (non-hydrogen) atoms. The number of halogens is 2. The van der Waals surface area contributed by atoms with Gasteiger partial charge in [-0.05, 0) is 19.2 Å². The minimum Gasteiger partial charge on any atom is -0.397 e. The number of benzene rings is 1. The van der Waals surface area contributed by atoms with Gasteiger partial charge < -0.3 is 11.1 Å². The Kier molecular flexibility index (Phi) is 4.54. The van der Waals surface area contributed by atoms with Crippen LogP contribution in [0.5, 0.6) is 0 Å². The highest BCUT2D eigenvalue weighted by molar-refractivity contribution is 7.98. The largest absolute Gasteiger partial charge is 0.397 e. The normalized spacial score (nSPS) is 12.5. The lowest BCUT2D eigenvalue weighted by molar-refractivity contribution is 0.629. The van der Waals surface area contributed by atoms with Gasteiger partial charge in [0, 0.05) is 17.9 Å². The highest BCUT2D eigenvalue weighted by atomic mass is 35.5. The van der Waals surface area contributed by atoms with Gasteiger partial charge in [0.15, 0.2) is 0 Å². The Morgan fingerprint density at radius 2 is 2.27 bits per heavy atom. The van der Waals surface area contributed by atoms with Crippen molar-refractivity contribution in [3.8, 4) is 0 Å². The van der Waals surface area contributed by atoms with Crippen LogP contribution in [-0.4, -0.2) is 18.1 Å². The summed E-state index contributed by atoms with van der Waals surface area (Å²) in [6.07, 6.45) is 2.03. The fourth-order valence-corrected chi connectivity index (χ4v) is 1.99. The summed E-state index contributed by atoms with van der Waals surface area (Å²) in [5.41, 5.74) is 6.73. The third-order valence-corrected chi connectivity index (χ3v) is 3.03. The van der Waals surface area contributed by atoms with E-state index >= 15 is 0 Å². The molecule has 1 unspecified atom stereocenters. The summed E-state index contributed by atoms with van der Waals surface area (Å²) >= 11 is 7.40. The van der Waals surface area contributed by atoms with Crippen molar-refractivity contribution in [2.24, 2.45) is 0 Å². The summed E-state index contributed by atoms with van der Waals surface area (Å²) in [4.78, 5) is 0. The van der Waals surface area contributed by atoms with Crippen LogP contribution in [-0.2, 0) is 0 Å². The molecule has 0 saturated heterocycles. The second-order valence-electron chi connectivity index (χ2n) is 3.35. The van der Waals surface area contributed by atoms with E-state index in [1.165, 1.54) is 12.1 Å². The number of anilines is 2. The maximum Gasteiger partial charge on any atom is 0.143 e. The standard InChI is InChI=1S/C10H14ClFN2S/c1-6(5-15-2)14-10-3-7(11)8(12)4-9(10)13/h3-4,6,14H,5,13H2,1-2H3. The van der Waals surface area contributed by atoms with Crippen LogP contribution < -0.4 is 11.1 Å². The van der Waals surface area contributed by atoms with Gasteiger partial charge in [0.05, 0.1) is 16.4 Å². The number of thioether (sulfide) groups is 1. The molecule has 1 rings (SSSR count). The van der Waals surface area contributed by atoms with Gasteiger partial charge in [-0.15, -0.1) is 0 Å². The molecular weight excluding hydrogens is 235 g/mol. The fourth-order valence-electron chi connectivity index (χ4n) is 1.24. The van der Waals surface area contributed by atoms with Crippen molar-refractivity contribution in [3.05, 3.63) is 23.0 Å². The summed E-state index contributed by atoms with van der Waals surface area (Å²) in [5, 5.41) is 3.27. The highest BCUT2D eigenvalue weighted by Gasteiger charge is 2.08. The zero-order valence-corrected chi connectivity index (χ0v) is 10.3. The first kappa shape index (κ1) is 12.5. The topological polar surface area (TPSA) is 38.0 Å². The predicted molar refractivity (Wildman–Crippen MR) is 67.3 cm³/mol. The molecule has 0 amide bonds. The average molecular weight is 249 g/mol. The molecule has 84 valence electrons. The van der Waals surface area contributed by atoms with Crippen LogP contribution in [0.4, 0.5) is 15.8 Å². The van der Waals surface area contributed by atoms with E-state index in [0.717, 1.165) is 5.75 Å². The van der Waals surface area contributed by atoms with Gasteiger partial charge in [-0.1, -0.05) is 11.6 Å². The molecule has 0 aliphatic carbocycles. The summed E-state index contributed by atoms with van der Waals surface area (Å²) in [6, 6.07) is 3.02. The van der Waals surface area contributed by atoms with Gasteiger partial charge in [0.1, 0.15) is 5.82 Å². The molecule has 5 heteroatoms. The quantitative estimate of drug-likeness (QED) is 0.804. The second kappa shape index (κ2) is 5.47. The van der Waals surface area contributed by atoms with Crippen LogP contribution in [0.3, 0.4) is 0 Å². The van der Waals surface area contributed by atoms with Crippen LogP contribution in [0.2, 0.25) is 5.02 Å². The van der Waals surface area contributed by atoms with E-state index in [1.807, 2.05) is 13.2 Å². The first-order valence-corrected chi connectivity index (χ1v) is 6.31. The van der Waals surface area contributed by atoms with Crippen LogP contribution in [0.25, 0.3) is 0 Å². The molecule has 0 radical (unpaired) electrons. The van der Waals surface area contributed by atoms with Crippen LogP contribution in [0, 0.1) is 5.82 Å². The maximum absolute atomic E-state index is 13.0. The summed E-state index contributed by atoms with van der Waals surface area (Å²) < 4.78 is 13.0. The van der Waals surface area contributed by atoms with Gasteiger partial charge in [-0.2, -0.15) is 11.8 Å². The zero-order chi connectivity index (χ0) is 11.4. The first-order chi connectivity index (χ1) is 7.04. The number of hydrogen-bond donors (Lipinski definition) is 2. The number of hydrogen-bond acceptors (Lipinski definition) is 3. The molecule has 3 N–H and O–H groups in total. The van der Waals surface area contributed by atoms with Crippen LogP contribution in [0.1, 0.15) is 6.92 Å². The third kappa shape index (κ3) is 3.47. The molecule has 1 atom stereocenters. The molecule has 1 aromatic carbocycles. The van der Waals surface area contributed by atoms with Crippen molar-refractivity contribution < 1.29 is 4.39 Å². The second-order valence-corrected chi connectivity index (χ2v) is 4.67. The van der Waals surface area contributed by atoms with E-state index in [1.54, 1.807) is 11.8 Å². The van der Waals surface area contributed by atoms with Crippen molar-refractivity contribution in [2.75, 3.05) is 23.1 Å². The van der Waals surface area contributed by atoms with E-state index < -0.39 is 5.82 Å². The Morgan fingerprint density at radius 1 is 1.60 bits per heavy atom. The summed E-state index contributed by atoms with van der Waals surface area (Å²) in [7, 11) is 0. The molecule has 0 saturated carbocycles. The van der Waals surface area contributed by atoms with Crippen LogP contribution >= 0.6 is 23.4 Å². The summed E-state index contributed by atoms with van der Waals surface area (Å²) in [5.74, 6) is 0.464. The lowest BCUT2D eigenvalue weighted by Crippen LogP contribution is -2.18. The van der Waals surface area contributed by atoms with Gasteiger partial charge in [-0.25, -0.2) is 4.39 Å². The SMILES string of the molecule is CSCC(C)Nc1cc(Cl)c(F)cc1N. The maximum atomic E-state index is 13.0. The third-order valence-electron chi connectivity index (χ3n) is 1.91. The van der Waals surface area contributed by atoms with Crippen molar-refractivity contribution in [1.29, 1.82) is 0 Å². The van der Waals surface area contributed by atoms with Crippen molar-refractivity contribution in [3.63, 3.8) is 0 Å². The van der Waals surface area contributed by atoms with Gasteiger partial charge >= 0.3 is 0 Å². The number of nitrogens with two attached hydrogens (primary N) is 1. The molecule has 0 aliphatic rings. The highest BCUT2D eigenvalue weighted by Crippen LogP contribution is 2.26. The molecule has 0 aromatic heterocycles. The molecule has 0 heterocycles. The Morgan fingerprint density at radius 3 is 2.87 bits per heavy atom. The van der Waals surface area contributed by atoms with Crippen molar-refractivity contribution in [2.45, 2.75) is 13.0 Å². The smallest absolute Gasteiger partial charge is 0.143 e. The minimum atomic E-state index is -0.489. The Bertz CT molecular complexity index is 346. The lowest BCUT2D eigenvalue weighted by Gasteiger charge is -2.16. The first-order valence-electron chi connectivity index (χ1n) is 4.54. The minimum absolute atomic E-state index is 0.0862. The van der Waals surface area contributed by atoms with Gasteiger partial charge in [0.2, 0.25) is 0 Å². The van der Waals surface area contributed by atoms with Crippen molar-refractivity contribution in [1.82, 2.24) is 0 Å². The molecule has 0 aliphatic heterocycles. The lowest BCUT2D eigenvalue weighted by atomic mass is 10.2. The van der Waals surface area contributed by atoms with Gasteiger partial charge in [0.25, 0.3) is 0 Å². The van der Waals surface area contributed by atoms with Gasteiger partial charge in [-0.3, -0.25) is 0 Å². The van der Waals surface area contributed by atoms with E-state index in [4.69, 9.17) is 17.3 Å². The molecular formula is C10H14ClFN2S. The van der Waals surface area contributed by atoms with Crippen LogP contribution in [0.15, 0.2) is 12.1 Å².